The molecule has 7 nitrogen and oxygen atoms in total. The number of aromatic amines is 1. The van der Waals surface area contributed by atoms with Gasteiger partial charge in [-0.3, -0.25) is 9.59 Å². The second-order valence-corrected chi connectivity index (χ2v) is 6.66. The molecule has 1 amide bonds. The van der Waals surface area contributed by atoms with Crippen molar-refractivity contribution in [3.63, 3.8) is 0 Å². The van der Waals surface area contributed by atoms with E-state index >= 15 is 0 Å². The number of nitrogens with one attached hydrogen (secondary N) is 2. The van der Waals surface area contributed by atoms with E-state index in [0.717, 1.165) is 30.0 Å². The average molecular weight is 318 g/mol. The normalized spacial score (nSPS) is 24.3. The molecule has 1 saturated carbocycles. The minimum absolute atomic E-state index is 0.00586. The van der Waals surface area contributed by atoms with Crippen LogP contribution in [-0.2, 0) is 28.9 Å². The number of H-pyrrole nitrogens is 1. The highest BCUT2D eigenvalue weighted by Crippen LogP contribution is 2.31. The number of aromatic nitrogens is 2. The number of nitrogens with zero attached hydrogens (tertiary/aromatic N) is 2. The topological polar surface area (TPSA) is 87.3 Å². The number of carbonyl (C=O) groups is 1. The Morgan fingerprint density at radius 1 is 1.39 bits per heavy atom. The van der Waals surface area contributed by atoms with E-state index in [1.165, 1.54) is 12.8 Å². The van der Waals surface area contributed by atoms with Crippen molar-refractivity contribution in [2.75, 3.05) is 26.2 Å². The Hall–Kier alpha value is -1.73. The largest absolute Gasteiger partial charge is 0.366 e. The summed E-state index contributed by atoms with van der Waals surface area (Å²) in [6.45, 7) is 2.87. The minimum atomic E-state index is -0.418. The predicted octanol–water partition coefficient (Wildman–Crippen LogP) is -0.404. The summed E-state index contributed by atoms with van der Waals surface area (Å²) >= 11 is 0. The Morgan fingerprint density at radius 3 is 3.00 bits per heavy atom. The van der Waals surface area contributed by atoms with Gasteiger partial charge in [0.2, 0.25) is 0 Å². The molecule has 0 aromatic carbocycles. The van der Waals surface area contributed by atoms with Crippen molar-refractivity contribution in [1.29, 1.82) is 0 Å². The molecule has 3 aliphatic rings. The zero-order chi connectivity index (χ0) is 15.8. The van der Waals surface area contributed by atoms with Crippen LogP contribution in [0.15, 0.2) is 4.79 Å². The summed E-state index contributed by atoms with van der Waals surface area (Å²) in [6.07, 6.45) is 3.42. The number of amides is 1. The molecule has 1 unspecified atom stereocenters. The highest BCUT2D eigenvalue weighted by Gasteiger charge is 2.31. The van der Waals surface area contributed by atoms with Crippen LogP contribution >= 0.6 is 0 Å². The molecule has 0 bridgehead atoms. The van der Waals surface area contributed by atoms with Crippen molar-refractivity contribution in [2.24, 2.45) is 5.92 Å². The number of carbonyl (C=O) groups excluding carboxylic acids is 1. The molecule has 1 aromatic rings. The molecule has 3 heterocycles. The smallest absolute Gasteiger partial charge is 0.254 e. The molecule has 124 valence electrons. The summed E-state index contributed by atoms with van der Waals surface area (Å²) in [6, 6.07) is 0. The summed E-state index contributed by atoms with van der Waals surface area (Å²) in [5, 5.41) is 3.18. The number of fused-ring (bicyclic) bond motifs is 1. The van der Waals surface area contributed by atoms with Gasteiger partial charge in [-0.15, -0.1) is 0 Å². The third-order valence-electron chi connectivity index (χ3n) is 4.82. The molecular weight excluding hydrogens is 296 g/mol. The Bertz CT molecular complexity index is 662. The van der Waals surface area contributed by atoms with E-state index in [4.69, 9.17) is 4.74 Å². The van der Waals surface area contributed by atoms with E-state index in [1.807, 2.05) is 0 Å². The molecule has 0 spiro atoms. The number of rotatable bonds is 3. The molecule has 4 rings (SSSR count). The van der Waals surface area contributed by atoms with Gasteiger partial charge < -0.3 is 19.9 Å². The van der Waals surface area contributed by atoms with Crippen molar-refractivity contribution in [2.45, 2.75) is 38.3 Å². The molecule has 2 N–H and O–H groups in total. The number of morpholine rings is 1. The van der Waals surface area contributed by atoms with Gasteiger partial charge in [0.15, 0.2) is 0 Å². The molecular formula is C16H22N4O3. The maximum Gasteiger partial charge on any atom is 0.254 e. The SMILES string of the molecule is O=C(C1CNCCO1)N1CCc2c(nc(CC3CC3)[nH]c2=O)C1. The first-order chi connectivity index (χ1) is 11.2. The van der Waals surface area contributed by atoms with Gasteiger partial charge >= 0.3 is 0 Å². The van der Waals surface area contributed by atoms with Crippen molar-refractivity contribution in [3.05, 3.63) is 27.4 Å². The molecule has 2 fully saturated rings. The Kier molecular flexibility index (Phi) is 3.90. The van der Waals surface area contributed by atoms with E-state index in [-0.39, 0.29) is 11.5 Å². The molecule has 1 saturated heterocycles. The lowest BCUT2D eigenvalue weighted by molar-refractivity contribution is -0.146. The van der Waals surface area contributed by atoms with Gasteiger partial charge in [-0.2, -0.15) is 0 Å². The highest BCUT2D eigenvalue weighted by molar-refractivity contribution is 5.81. The molecule has 23 heavy (non-hydrogen) atoms. The minimum Gasteiger partial charge on any atom is -0.366 e. The average Bonchev–Trinajstić information content (AvgIpc) is 3.38. The van der Waals surface area contributed by atoms with Crippen LogP contribution < -0.4 is 10.9 Å². The van der Waals surface area contributed by atoms with E-state index in [0.29, 0.717) is 38.6 Å². The number of ether oxygens (including phenoxy) is 1. The third kappa shape index (κ3) is 3.16. The summed E-state index contributed by atoms with van der Waals surface area (Å²) < 4.78 is 5.55. The predicted molar refractivity (Wildman–Crippen MR) is 83.0 cm³/mol. The number of hydrogen-bond donors (Lipinski definition) is 2. The molecule has 1 atom stereocenters. The van der Waals surface area contributed by atoms with E-state index in [9.17, 15) is 9.59 Å². The van der Waals surface area contributed by atoms with Gasteiger partial charge in [-0.05, 0) is 25.2 Å². The van der Waals surface area contributed by atoms with Gasteiger partial charge in [0.1, 0.15) is 11.9 Å². The fourth-order valence-corrected chi connectivity index (χ4v) is 3.30. The van der Waals surface area contributed by atoms with Crippen LogP contribution in [0.2, 0.25) is 0 Å². The van der Waals surface area contributed by atoms with E-state index in [1.54, 1.807) is 4.90 Å². The monoisotopic (exact) mass is 318 g/mol. The second kappa shape index (κ2) is 6.05. The van der Waals surface area contributed by atoms with Gasteiger partial charge in [0, 0.05) is 31.6 Å². The van der Waals surface area contributed by atoms with Gasteiger partial charge in [0.05, 0.1) is 18.8 Å². The van der Waals surface area contributed by atoms with Gasteiger partial charge in [0.25, 0.3) is 11.5 Å². The van der Waals surface area contributed by atoms with Crippen LogP contribution in [-0.4, -0.2) is 53.1 Å². The first-order valence-corrected chi connectivity index (χ1v) is 8.43. The fourth-order valence-electron chi connectivity index (χ4n) is 3.30. The van der Waals surface area contributed by atoms with Gasteiger partial charge in [-0.1, -0.05) is 0 Å². The van der Waals surface area contributed by atoms with Crippen LogP contribution in [0, 0.1) is 5.92 Å². The van der Waals surface area contributed by atoms with Crippen molar-refractivity contribution >= 4 is 5.91 Å². The fraction of sp³-hybridized carbons (Fsp3) is 0.688. The molecule has 1 aliphatic carbocycles. The highest BCUT2D eigenvalue weighted by atomic mass is 16.5. The quantitative estimate of drug-likeness (QED) is 0.791. The lowest BCUT2D eigenvalue weighted by atomic mass is 10.1. The van der Waals surface area contributed by atoms with E-state index in [2.05, 4.69) is 15.3 Å². The Labute approximate surface area is 134 Å². The Balaban J connectivity index is 1.51. The molecule has 7 heteroatoms. The molecule has 2 aliphatic heterocycles. The summed E-state index contributed by atoms with van der Waals surface area (Å²) in [4.78, 5) is 34.1. The molecule has 1 aromatic heterocycles. The number of hydrogen-bond acceptors (Lipinski definition) is 5. The Morgan fingerprint density at radius 2 is 2.26 bits per heavy atom. The first-order valence-electron chi connectivity index (χ1n) is 8.43. The van der Waals surface area contributed by atoms with Crippen LogP contribution in [0.4, 0.5) is 0 Å². The summed E-state index contributed by atoms with van der Waals surface area (Å²) in [5.74, 6) is 1.43. The summed E-state index contributed by atoms with van der Waals surface area (Å²) in [5.41, 5.74) is 1.46. The van der Waals surface area contributed by atoms with Crippen molar-refractivity contribution < 1.29 is 9.53 Å². The standard InChI is InChI=1S/C16H22N4O3/c21-15-11-3-5-20(16(22)13-8-17-4-6-23-13)9-12(11)18-14(19-15)7-10-1-2-10/h10,13,17H,1-9H2,(H,18,19,21). The third-order valence-corrected chi connectivity index (χ3v) is 4.82. The van der Waals surface area contributed by atoms with Crippen LogP contribution in [0.3, 0.4) is 0 Å². The molecule has 0 radical (unpaired) electrons. The second-order valence-electron chi connectivity index (χ2n) is 6.66. The van der Waals surface area contributed by atoms with Crippen LogP contribution in [0.1, 0.15) is 29.9 Å². The maximum absolute atomic E-state index is 12.6. The van der Waals surface area contributed by atoms with Crippen molar-refractivity contribution in [3.8, 4) is 0 Å². The zero-order valence-electron chi connectivity index (χ0n) is 13.1. The van der Waals surface area contributed by atoms with E-state index < -0.39 is 6.10 Å². The lowest BCUT2D eigenvalue weighted by Crippen LogP contribution is -2.51. The van der Waals surface area contributed by atoms with Gasteiger partial charge in [-0.25, -0.2) is 4.98 Å². The lowest BCUT2D eigenvalue weighted by Gasteiger charge is -2.32. The van der Waals surface area contributed by atoms with Crippen molar-refractivity contribution in [1.82, 2.24) is 20.2 Å². The van der Waals surface area contributed by atoms with Crippen LogP contribution in [0.25, 0.3) is 0 Å². The maximum atomic E-state index is 12.6. The first kappa shape index (κ1) is 14.8. The zero-order valence-corrected chi connectivity index (χ0v) is 13.1. The van der Waals surface area contributed by atoms with Crippen LogP contribution in [0.5, 0.6) is 0 Å². The summed E-state index contributed by atoms with van der Waals surface area (Å²) in [7, 11) is 0.